The van der Waals surface area contributed by atoms with Crippen LogP contribution < -0.4 is 0 Å². The minimum atomic E-state index is 0. The molecule has 1 fully saturated rings. The molecule has 2 unspecified atom stereocenters. The molecule has 0 radical (unpaired) electrons. The van der Waals surface area contributed by atoms with Crippen LogP contribution in [0.3, 0.4) is 0 Å². The van der Waals surface area contributed by atoms with Gasteiger partial charge in [0.25, 0.3) is 0 Å². The Bertz CT molecular complexity index is 173. The van der Waals surface area contributed by atoms with Crippen molar-refractivity contribution in [2.24, 2.45) is 0 Å². The van der Waals surface area contributed by atoms with Crippen molar-refractivity contribution in [3.8, 4) is 0 Å². The van der Waals surface area contributed by atoms with Crippen molar-refractivity contribution in [3.63, 3.8) is 0 Å². The largest absolute Gasteiger partial charge is 0.642 e. The van der Waals surface area contributed by atoms with Crippen LogP contribution in [0.5, 0.6) is 0 Å². The van der Waals surface area contributed by atoms with Gasteiger partial charge in [-0.05, 0) is 13.8 Å². The van der Waals surface area contributed by atoms with E-state index in [2.05, 4.69) is 46.4 Å². The van der Waals surface area contributed by atoms with E-state index in [0.717, 1.165) is 0 Å². The zero-order valence-corrected chi connectivity index (χ0v) is 14.1. The maximum atomic E-state index is 4.69. The first-order valence-corrected chi connectivity index (χ1v) is 4.71. The third kappa shape index (κ3) is 6.86. The summed E-state index contributed by atoms with van der Waals surface area (Å²) in [5.74, 6) is 0. The van der Waals surface area contributed by atoms with Crippen LogP contribution in [0.1, 0.15) is 41.5 Å². The second-order valence-electron chi connectivity index (χ2n) is 5.37. The average molecular weight is 291 g/mol. The van der Waals surface area contributed by atoms with Crippen molar-refractivity contribution in [2.45, 2.75) is 58.8 Å². The predicted octanol–water partition coefficient (Wildman–Crippen LogP) is 3.50. The summed E-state index contributed by atoms with van der Waals surface area (Å²) >= 11 is 0. The average Bonchev–Trinajstić information content (AvgIpc) is 2.35. The summed E-state index contributed by atoms with van der Waals surface area (Å²) in [4.78, 5) is 2.41. The van der Waals surface area contributed by atoms with Gasteiger partial charge in [0.05, 0.1) is 0 Å². The Morgan fingerprint density at radius 2 is 1.53 bits per heavy atom. The summed E-state index contributed by atoms with van der Waals surface area (Å²) in [5, 5.41) is 4.69. The molecule has 0 N–H and O–H groups in total. The predicted molar refractivity (Wildman–Crippen MR) is 66.2 cm³/mol. The third-order valence-electron chi connectivity index (χ3n) is 2.26. The molecule has 0 aliphatic carbocycles. The molecule has 1 aliphatic rings. The fourth-order valence-corrected chi connectivity index (χ4v) is 1.65. The minimum absolute atomic E-state index is 0. The van der Waals surface area contributed by atoms with Crippen molar-refractivity contribution >= 4 is 0 Å². The van der Waals surface area contributed by atoms with Crippen LogP contribution in [-0.4, -0.2) is 28.7 Å². The molecule has 0 amide bonds. The van der Waals surface area contributed by atoms with Gasteiger partial charge in [-0.15, -0.1) is 5.54 Å². The summed E-state index contributed by atoms with van der Waals surface area (Å²) in [6, 6.07) is 0. The normalized spacial score (nSPS) is 24.0. The summed E-state index contributed by atoms with van der Waals surface area (Å²) in [6.45, 7) is 14.4. The van der Waals surface area contributed by atoms with Gasteiger partial charge in [0.15, 0.2) is 0 Å². The summed E-state index contributed by atoms with van der Waals surface area (Å²) in [7, 11) is 0. The molecule has 0 aromatic rings. The number of nitrogens with zero attached hydrogens (tertiary/aromatic N) is 2. The molecule has 15 heavy (non-hydrogen) atoms. The Morgan fingerprint density at radius 3 is 1.73 bits per heavy atom. The molecule has 0 aromatic carbocycles. The van der Waals surface area contributed by atoms with Crippen molar-refractivity contribution < 1.29 is 26.2 Å². The SMILES string of the molecule is CC([N-]C(C)(C)C)N1CC1(C)C.[CH3-].[CH3-].[Zr]. The molecule has 0 saturated carbocycles. The molecule has 1 rings (SSSR count). The molecule has 1 aliphatic heterocycles. The molecule has 0 spiro atoms. The molecule has 92 valence electrons. The number of rotatable bonds is 2. The first-order valence-electron chi connectivity index (χ1n) is 4.71. The standard InChI is InChI=1S/C10H21N2.2CH3.Zr/c1-8(11-9(2,3)4)12-7-10(12,5)6;;;/h8H,7H2,1-6H3;2*1H3;/q3*-1;. The molecule has 2 atom stereocenters. The molecule has 1 saturated heterocycles. The van der Waals surface area contributed by atoms with E-state index in [0.29, 0.717) is 11.7 Å². The van der Waals surface area contributed by atoms with Gasteiger partial charge in [0.1, 0.15) is 0 Å². The van der Waals surface area contributed by atoms with E-state index in [1.165, 1.54) is 6.54 Å². The monoisotopic (exact) mass is 289 g/mol. The van der Waals surface area contributed by atoms with Crippen LogP contribution in [0.25, 0.3) is 5.32 Å². The molecular formula is C12H27N2Zr-3. The summed E-state index contributed by atoms with van der Waals surface area (Å²) in [5.41, 5.74) is 0.492. The molecular weight excluding hydrogens is 263 g/mol. The zero-order valence-electron chi connectivity index (χ0n) is 11.7. The van der Waals surface area contributed by atoms with E-state index in [9.17, 15) is 0 Å². The molecule has 3 heteroatoms. The van der Waals surface area contributed by atoms with Gasteiger partial charge in [-0.2, -0.15) is 0 Å². The zero-order chi connectivity index (χ0) is 9.57. The van der Waals surface area contributed by atoms with E-state index >= 15 is 0 Å². The second-order valence-corrected chi connectivity index (χ2v) is 5.37. The van der Waals surface area contributed by atoms with Crippen LogP contribution >= 0.6 is 0 Å². The van der Waals surface area contributed by atoms with Crippen molar-refractivity contribution in [1.29, 1.82) is 0 Å². The third-order valence-corrected chi connectivity index (χ3v) is 2.26. The summed E-state index contributed by atoms with van der Waals surface area (Å²) in [6.07, 6.45) is 0.375. The smallest absolute Gasteiger partial charge is 0.0264 e. The van der Waals surface area contributed by atoms with Gasteiger partial charge >= 0.3 is 0 Å². The van der Waals surface area contributed by atoms with Gasteiger partial charge in [-0.1, -0.05) is 33.9 Å². The van der Waals surface area contributed by atoms with Crippen molar-refractivity contribution in [3.05, 3.63) is 20.2 Å². The van der Waals surface area contributed by atoms with E-state index in [1.54, 1.807) is 0 Å². The summed E-state index contributed by atoms with van der Waals surface area (Å²) < 4.78 is 0. The van der Waals surface area contributed by atoms with Gasteiger partial charge in [-0.25, -0.2) is 0 Å². The minimum Gasteiger partial charge on any atom is -0.642 e. The van der Waals surface area contributed by atoms with Crippen LogP contribution in [0.4, 0.5) is 0 Å². The first kappa shape index (κ1) is 21.1. The van der Waals surface area contributed by atoms with Gasteiger partial charge in [-0.3, -0.25) is 0 Å². The topological polar surface area (TPSA) is 17.1 Å². The second kappa shape index (κ2) is 6.52. The van der Waals surface area contributed by atoms with E-state index in [1.807, 2.05) is 0 Å². The quantitative estimate of drug-likeness (QED) is 0.562. The Morgan fingerprint density at radius 1 is 1.20 bits per heavy atom. The van der Waals surface area contributed by atoms with E-state index < -0.39 is 0 Å². The Labute approximate surface area is 116 Å². The Balaban J connectivity index is -0.000000480. The number of hydrogen-bond acceptors (Lipinski definition) is 1. The van der Waals surface area contributed by atoms with Gasteiger partial charge in [0.2, 0.25) is 0 Å². The van der Waals surface area contributed by atoms with Crippen molar-refractivity contribution in [1.82, 2.24) is 4.90 Å². The van der Waals surface area contributed by atoms with Crippen LogP contribution in [0, 0.1) is 14.9 Å². The van der Waals surface area contributed by atoms with E-state index in [-0.39, 0.29) is 46.6 Å². The molecule has 1 heterocycles. The number of hydrogen-bond donors (Lipinski definition) is 0. The maximum absolute atomic E-state index is 4.69. The fraction of sp³-hybridized carbons (Fsp3) is 0.833. The van der Waals surface area contributed by atoms with E-state index in [4.69, 9.17) is 5.32 Å². The van der Waals surface area contributed by atoms with Crippen LogP contribution in [-0.2, 0) is 26.2 Å². The van der Waals surface area contributed by atoms with Crippen LogP contribution in [0.15, 0.2) is 0 Å². The fourth-order valence-electron chi connectivity index (χ4n) is 1.65. The first-order chi connectivity index (χ1) is 5.22. The van der Waals surface area contributed by atoms with Crippen molar-refractivity contribution in [2.75, 3.05) is 6.54 Å². The van der Waals surface area contributed by atoms with Crippen LogP contribution in [0.2, 0.25) is 0 Å². The molecule has 2 nitrogen and oxygen atoms in total. The molecule has 0 aromatic heterocycles. The molecule has 0 bridgehead atoms. The van der Waals surface area contributed by atoms with Gasteiger partial charge in [0, 0.05) is 38.3 Å². The maximum Gasteiger partial charge on any atom is 0.0264 e. The Kier molecular flexibility index (Phi) is 9.18. The van der Waals surface area contributed by atoms with Gasteiger partial charge < -0.3 is 25.1 Å². The Hall–Kier alpha value is 0.803.